The molecule has 0 unspecified atom stereocenters. The molecule has 1 aliphatic rings. The number of benzene rings is 2. The Balaban J connectivity index is 1.25. The largest absolute Gasteiger partial charge is 0.411 e. The van der Waals surface area contributed by atoms with Crippen LogP contribution in [-0.2, 0) is 24.2 Å². The highest BCUT2D eigenvalue weighted by Gasteiger charge is 2.26. The van der Waals surface area contributed by atoms with Crippen molar-refractivity contribution >= 4 is 39.9 Å². The molecule has 36 heavy (non-hydrogen) atoms. The van der Waals surface area contributed by atoms with Crippen LogP contribution < -0.4 is 10.6 Å². The summed E-state index contributed by atoms with van der Waals surface area (Å²) in [6, 6.07) is 17.6. The van der Waals surface area contributed by atoms with Gasteiger partial charge >= 0.3 is 0 Å². The highest BCUT2D eigenvalue weighted by atomic mass is 32.2. The van der Waals surface area contributed by atoms with Crippen molar-refractivity contribution in [2.45, 2.75) is 44.4 Å². The number of nitrogens with one attached hydrogen (secondary N) is 2. The van der Waals surface area contributed by atoms with Crippen molar-refractivity contribution in [2.75, 3.05) is 11.1 Å². The van der Waals surface area contributed by atoms with E-state index in [0.717, 1.165) is 47.9 Å². The summed E-state index contributed by atoms with van der Waals surface area (Å²) >= 11 is 2.69. The van der Waals surface area contributed by atoms with Gasteiger partial charge in [0.05, 0.1) is 11.3 Å². The van der Waals surface area contributed by atoms with Gasteiger partial charge in [0.2, 0.25) is 11.8 Å². The Bertz CT molecular complexity index is 1380. The zero-order valence-corrected chi connectivity index (χ0v) is 21.5. The number of anilines is 1. The van der Waals surface area contributed by atoms with Gasteiger partial charge in [-0.1, -0.05) is 59.8 Å². The maximum absolute atomic E-state index is 13.2. The molecule has 0 saturated carbocycles. The van der Waals surface area contributed by atoms with Gasteiger partial charge in [0.25, 0.3) is 11.1 Å². The minimum atomic E-state index is -0.217. The summed E-state index contributed by atoms with van der Waals surface area (Å²) in [5, 5.41) is 15.1. The van der Waals surface area contributed by atoms with Gasteiger partial charge in [0, 0.05) is 17.0 Å². The highest BCUT2D eigenvalue weighted by molar-refractivity contribution is 7.99. The van der Waals surface area contributed by atoms with Crippen LogP contribution >= 0.6 is 23.1 Å². The number of hydrogen-bond donors (Lipinski definition) is 2. The molecule has 0 fully saturated rings. The van der Waals surface area contributed by atoms with E-state index in [2.05, 4.69) is 20.8 Å². The average molecular weight is 519 g/mol. The standard InChI is InChI=1S/C27H26N4O3S2/c1-17-8-7-11-19(14-17)25-30-31-27(34-25)35-16-22(32)29-26-23(20-12-5-6-13-21(20)36-26)24(33)28-15-18-9-3-2-4-10-18/h2-4,7-11,14H,5-6,12-13,15-16H2,1H3,(H,28,33)(H,29,32). The number of thiophene rings is 1. The lowest BCUT2D eigenvalue weighted by molar-refractivity contribution is -0.113. The molecule has 0 atom stereocenters. The Morgan fingerprint density at radius 2 is 1.89 bits per heavy atom. The number of carbonyl (C=O) groups is 2. The first-order chi connectivity index (χ1) is 17.6. The predicted octanol–water partition coefficient (Wildman–Crippen LogP) is 5.65. The molecule has 0 radical (unpaired) electrons. The van der Waals surface area contributed by atoms with Gasteiger partial charge in [-0.3, -0.25) is 9.59 Å². The molecule has 1 aliphatic carbocycles. The van der Waals surface area contributed by atoms with E-state index in [-0.39, 0.29) is 17.6 Å². The topological polar surface area (TPSA) is 97.1 Å². The van der Waals surface area contributed by atoms with Gasteiger partial charge in [0.1, 0.15) is 5.00 Å². The fourth-order valence-electron chi connectivity index (χ4n) is 4.21. The molecule has 0 saturated heterocycles. The third kappa shape index (κ3) is 5.68. The van der Waals surface area contributed by atoms with Crippen molar-refractivity contribution in [1.29, 1.82) is 0 Å². The maximum Gasteiger partial charge on any atom is 0.277 e. The monoisotopic (exact) mass is 518 g/mol. The van der Waals surface area contributed by atoms with E-state index >= 15 is 0 Å². The first-order valence-corrected chi connectivity index (χ1v) is 13.7. The first kappa shape index (κ1) is 24.3. The maximum atomic E-state index is 13.2. The van der Waals surface area contributed by atoms with Crippen LogP contribution in [0.3, 0.4) is 0 Å². The highest BCUT2D eigenvalue weighted by Crippen LogP contribution is 2.38. The number of rotatable bonds is 8. The molecule has 2 amide bonds. The van der Waals surface area contributed by atoms with Crippen LogP contribution in [0.15, 0.2) is 64.2 Å². The van der Waals surface area contributed by atoms with E-state index < -0.39 is 0 Å². The third-order valence-corrected chi connectivity index (χ3v) is 7.97. The van der Waals surface area contributed by atoms with Crippen molar-refractivity contribution < 1.29 is 14.0 Å². The SMILES string of the molecule is Cc1cccc(-c2nnc(SCC(=O)Nc3sc4c(c3C(=O)NCc3ccccc3)CCCC4)o2)c1. The molecule has 184 valence electrons. The van der Waals surface area contributed by atoms with Gasteiger partial charge in [0.15, 0.2) is 0 Å². The fraction of sp³-hybridized carbons (Fsp3) is 0.259. The number of thioether (sulfide) groups is 1. The summed E-state index contributed by atoms with van der Waals surface area (Å²) in [7, 11) is 0. The van der Waals surface area contributed by atoms with Crippen LogP contribution in [0.25, 0.3) is 11.5 Å². The molecule has 2 heterocycles. The van der Waals surface area contributed by atoms with Gasteiger partial charge in [-0.2, -0.15) is 0 Å². The molecule has 0 bridgehead atoms. The molecular weight excluding hydrogens is 492 g/mol. The second kappa shape index (κ2) is 11.1. The number of fused-ring (bicyclic) bond motifs is 1. The van der Waals surface area contributed by atoms with Crippen LogP contribution in [-0.4, -0.2) is 27.8 Å². The van der Waals surface area contributed by atoms with Crippen molar-refractivity contribution in [3.8, 4) is 11.5 Å². The molecule has 2 aromatic carbocycles. The third-order valence-electron chi connectivity index (χ3n) is 5.95. The van der Waals surface area contributed by atoms with Crippen LogP contribution in [0, 0.1) is 6.92 Å². The normalized spacial score (nSPS) is 12.7. The summed E-state index contributed by atoms with van der Waals surface area (Å²) in [6.07, 6.45) is 3.94. The van der Waals surface area contributed by atoms with Crippen LogP contribution in [0.5, 0.6) is 0 Å². The van der Waals surface area contributed by atoms with Crippen LogP contribution in [0.4, 0.5) is 5.00 Å². The molecule has 0 spiro atoms. The van der Waals surface area contributed by atoms with Gasteiger partial charge in [-0.25, -0.2) is 0 Å². The molecule has 2 aromatic heterocycles. The van der Waals surface area contributed by atoms with E-state index in [0.29, 0.717) is 28.2 Å². The zero-order valence-electron chi connectivity index (χ0n) is 19.9. The fourth-order valence-corrected chi connectivity index (χ4v) is 6.08. The quantitative estimate of drug-likeness (QED) is 0.293. The van der Waals surface area contributed by atoms with E-state index in [4.69, 9.17) is 4.42 Å². The van der Waals surface area contributed by atoms with Crippen LogP contribution in [0.1, 0.15) is 44.8 Å². The lowest BCUT2D eigenvalue weighted by atomic mass is 9.95. The van der Waals surface area contributed by atoms with Crippen LogP contribution in [0.2, 0.25) is 0 Å². The van der Waals surface area contributed by atoms with Crippen molar-refractivity contribution in [2.24, 2.45) is 0 Å². The molecule has 4 aromatic rings. The van der Waals surface area contributed by atoms with E-state index in [1.165, 1.54) is 28.0 Å². The molecule has 5 rings (SSSR count). The summed E-state index contributed by atoms with van der Waals surface area (Å²) in [6.45, 7) is 2.44. The number of amides is 2. The number of aryl methyl sites for hydroxylation is 2. The molecule has 2 N–H and O–H groups in total. The molecule has 0 aliphatic heterocycles. The van der Waals surface area contributed by atoms with Crippen molar-refractivity contribution in [1.82, 2.24) is 15.5 Å². The number of hydrogen-bond acceptors (Lipinski definition) is 7. The van der Waals surface area contributed by atoms with E-state index in [9.17, 15) is 9.59 Å². The van der Waals surface area contributed by atoms with Crippen molar-refractivity contribution in [3.05, 3.63) is 81.7 Å². The molecular formula is C27H26N4O3S2. The Labute approximate surface area is 217 Å². The minimum absolute atomic E-state index is 0.100. The Kier molecular flexibility index (Phi) is 7.48. The van der Waals surface area contributed by atoms with E-state index in [1.807, 2.05) is 61.5 Å². The molecule has 9 heteroatoms. The summed E-state index contributed by atoms with van der Waals surface area (Å²) in [4.78, 5) is 27.2. The van der Waals surface area contributed by atoms with Gasteiger partial charge in [-0.15, -0.1) is 21.5 Å². The number of aromatic nitrogens is 2. The predicted molar refractivity (Wildman–Crippen MR) is 142 cm³/mol. The van der Waals surface area contributed by atoms with Crippen molar-refractivity contribution in [3.63, 3.8) is 0 Å². The van der Waals surface area contributed by atoms with Gasteiger partial charge in [-0.05, 0) is 55.9 Å². The Morgan fingerprint density at radius 3 is 2.72 bits per heavy atom. The summed E-state index contributed by atoms with van der Waals surface area (Å²) in [5.74, 6) is 0.153. The lowest BCUT2D eigenvalue weighted by Crippen LogP contribution is -2.25. The lowest BCUT2D eigenvalue weighted by Gasteiger charge is -2.13. The summed E-state index contributed by atoms with van der Waals surface area (Å²) in [5.41, 5.74) is 4.64. The zero-order chi connectivity index (χ0) is 24.9. The van der Waals surface area contributed by atoms with Gasteiger partial charge < -0.3 is 15.1 Å². The second-order valence-corrected chi connectivity index (χ2v) is 10.7. The molecule has 7 nitrogen and oxygen atoms in total. The summed E-state index contributed by atoms with van der Waals surface area (Å²) < 4.78 is 5.73. The number of carbonyl (C=O) groups excluding carboxylic acids is 2. The second-order valence-electron chi connectivity index (χ2n) is 8.66. The smallest absolute Gasteiger partial charge is 0.277 e. The minimum Gasteiger partial charge on any atom is -0.411 e. The Hall–Kier alpha value is -3.43. The van der Waals surface area contributed by atoms with E-state index in [1.54, 1.807) is 0 Å². The number of nitrogens with zero attached hydrogens (tertiary/aromatic N) is 2. The first-order valence-electron chi connectivity index (χ1n) is 11.9. The Morgan fingerprint density at radius 1 is 1.06 bits per heavy atom. The average Bonchev–Trinajstić information content (AvgIpc) is 3.51.